The summed E-state index contributed by atoms with van der Waals surface area (Å²) in [6.07, 6.45) is 4.03. The lowest BCUT2D eigenvalue weighted by Crippen LogP contribution is -2.38. The van der Waals surface area contributed by atoms with Crippen LogP contribution in [-0.4, -0.2) is 26.9 Å². The molecule has 1 aliphatic carbocycles. The number of benzene rings is 2. The zero-order valence-electron chi connectivity index (χ0n) is 15.3. The maximum Gasteiger partial charge on any atom is 0.255 e. The molecule has 1 heterocycles. The van der Waals surface area contributed by atoms with E-state index in [1.165, 1.54) is 0 Å². The van der Waals surface area contributed by atoms with Crippen molar-refractivity contribution < 1.29 is 4.79 Å². The van der Waals surface area contributed by atoms with Crippen molar-refractivity contribution in [2.75, 3.05) is 5.32 Å². The van der Waals surface area contributed by atoms with E-state index in [-0.39, 0.29) is 5.91 Å². The second-order valence-corrected chi connectivity index (χ2v) is 7.27. The summed E-state index contributed by atoms with van der Waals surface area (Å²) in [7, 11) is 0. The summed E-state index contributed by atoms with van der Waals surface area (Å²) < 4.78 is 1.87. The number of hydrogen-bond donors (Lipinski definition) is 2. The van der Waals surface area contributed by atoms with Gasteiger partial charge in [0.2, 0.25) is 0 Å². The number of rotatable bonds is 5. The highest BCUT2D eigenvalue weighted by molar-refractivity contribution is 6.05. The molecule has 3 aromatic rings. The van der Waals surface area contributed by atoms with E-state index >= 15 is 0 Å². The standard InChI is InChI=1S/C21H23N5O/c1-14-7-8-16(11-19(14)21(27)23-18-5-3-2-4-6-18)20-13-26(25-24-20)12-15-9-17(22)10-15/h2-8,11,13,15,17H,9-10,12,22H2,1H3,(H,23,27). The molecule has 1 aromatic heterocycles. The fourth-order valence-corrected chi connectivity index (χ4v) is 3.47. The van der Waals surface area contributed by atoms with E-state index in [1.54, 1.807) is 0 Å². The van der Waals surface area contributed by atoms with Crippen LogP contribution in [0.2, 0.25) is 0 Å². The average molecular weight is 361 g/mol. The fraction of sp³-hybridized carbons (Fsp3) is 0.286. The lowest BCUT2D eigenvalue weighted by atomic mass is 9.81. The maximum absolute atomic E-state index is 12.7. The Hall–Kier alpha value is -2.99. The number of nitrogens with two attached hydrogens (primary N) is 1. The van der Waals surface area contributed by atoms with E-state index in [1.807, 2.05) is 66.3 Å². The number of nitrogens with one attached hydrogen (secondary N) is 1. The van der Waals surface area contributed by atoms with Gasteiger partial charge in [-0.1, -0.05) is 35.5 Å². The molecule has 1 saturated carbocycles. The molecule has 0 atom stereocenters. The van der Waals surface area contributed by atoms with Crippen molar-refractivity contribution in [2.45, 2.75) is 32.4 Å². The highest BCUT2D eigenvalue weighted by Gasteiger charge is 2.26. The normalized spacial score (nSPS) is 18.7. The monoisotopic (exact) mass is 361 g/mol. The zero-order valence-corrected chi connectivity index (χ0v) is 15.3. The Morgan fingerprint density at radius 2 is 2.00 bits per heavy atom. The van der Waals surface area contributed by atoms with Crippen molar-refractivity contribution in [2.24, 2.45) is 11.7 Å². The second-order valence-electron chi connectivity index (χ2n) is 7.27. The topological polar surface area (TPSA) is 85.8 Å². The van der Waals surface area contributed by atoms with Crippen LogP contribution in [0.25, 0.3) is 11.3 Å². The first-order chi connectivity index (χ1) is 13.1. The quantitative estimate of drug-likeness (QED) is 0.730. The summed E-state index contributed by atoms with van der Waals surface area (Å²) in [5.41, 5.74) is 9.83. The predicted octanol–water partition coefficient (Wildman–Crippen LogP) is 3.24. The first kappa shape index (κ1) is 17.4. The Morgan fingerprint density at radius 3 is 2.74 bits per heavy atom. The lowest BCUT2D eigenvalue weighted by molar-refractivity contribution is 0.102. The number of anilines is 1. The van der Waals surface area contributed by atoms with Gasteiger partial charge in [-0.3, -0.25) is 9.48 Å². The average Bonchev–Trinajstić information content (AvgIpc) is 3.10. The van der Waals surface area contributed by atoms with Crippen molar-refractivity contribution in [1.29, 1.82) is 0 Å². The Bertz CT molecular complexity index is 944. The van der Waals surface area contributed by atoms with E-state index in [2.05, 4.69) is 15.6 Å². The van der Waals surface area contributed by atoms with E-state index in [0.717, 1.165) is 41.9 Å². The third-order valence-electron chi connectivity index (χ3n) is 5.07. The molecule has 138 valence electrons. The SMILES string of the molecule is Cc1ccc(-c2cn(CC3CC(N)C3)nn2)cc1C(=O)Nc1ccccc1. The molecule has 0 unspecified atom stereocenters. The molecule has 0 radical (unpaired) electrons. The third-order valence-corrected chi connectivity index (χ3v) is 5.07. The Morgan fingerprint density at radius 1 is 1.22 bits per heavy atom. The molecule has 2 aromatic carbocycles. The van der Waals surface area contributed by atoms with Crippen LogP contribution in [0.15, 0.2) is 54.7 Å². The molecule has 3 N–H and O–H groups in total. The molecule has 6 nitrogen and oxygen atoms in total. The van der Waals surface area contributed by atoms with Gasteiger partial charge in [-0.2, -0.15) is 0 Å². The minimum atomic E-state index is -0.128. The molecule has 27 heavy (non-hydrogen) atoms. The molecule has 0 bridgehead atoms. The number of aryl methyl sites for hydroxylation is 1. The molecule has 0 saturated heterocycles. The van der Waals surface area contributed by atoms with Crippen molar-refractivity contribution in [3.8, 4) is 11.3 Å². The summed E-state index contributed by atoms with van der Waals surface area (Å²) in [4.78, 5) is 12.7. The Balaban J connectivity index is 1.52. The molecular formula is C21H23N5O. The van der Waals surface area contributed by atoms with Gasteiger partial charge in [0.15, 0.2) is 0 Å². The molecular weight excluding hydrogens is 338 g/mol. The number of carbonyl (C=O) groups excluding carboxylic acids is 1. The fourth-order valence-electron chi connectivity index (χ4n) is 3.47. The van der Waals surface area contributed by atoms with Gasteiger partial charge in [0.05, 0.1) is 6.20 Å². The first-order valence-electron chi connectivity index (χ1n) is 9.21. The number of hydrogen-bond acceptors (Lipinski definition) is 4. The van der Waals surface area contributed by atoms with Crippen molar-refractivity contribution >= 4 is 11.6 Å². The highest BCUT2D eigenvalue weighted by atomic mass is 16.1. The van der Waals surface area contributed by atoms with Gasteiger partial charge in [-0.05, 0) is 49.4 Å². The van der Waals surface area contributed by atoms with Crippen molar-refractivity contribution in [3.05, 3.63) is 65.9 Å². The smallest absolute Gasteiger partial charge is 0.255 e. The van der Waals surface area contributed by atoms with Crippen LogP contribution in [0.5, 0.6) is 0 Å². The van der Waals surface area contributed by atoms with Crippen LogP contribution in [0, 0.1) is 12.8 Å². The van der Waals surface area contributed by atoms with Crippen molar-refractivity contribution in [1.82, 2.24) is 15.0 Å². The van der Waals surface area contributed by atoms with Crippen LogP contribution in [0.3, 0.4) is 0 Å². The maximum atomic E-state index is 12.7. The minimum Gasteiger partial charge on any atom is -0.328 e. The van der Waals surface area contributed by atoms with Gasteiger partial charge in [0.1, 0.15) is 5.69 Å². The third kappa shape index (κ3) is 3.90. The molecule has 1 fully saturated rings. The summed E-state index contributed by atoms with van der Waals surface area (Å²) >= 11 is 0. The number of para-hydroxylation sites is 1. The van der Waals surface area contributed by atoms with Gasteiger partial charge >= 0.3 is 0 Å². The number of carbonyl (C=O) groups is 1. The number of nitrogens with zero attached hydrogens (tertiary/aromatic N) is 3. The van der Waals surface area contributed by atoms with Gasteiger partial charge in [0, 0.05) is 29.4 Å². The van der Waals surface area contributed by atoms with Gasteiger partial charge < -0.3 is 11.1 Å². The second kappa shape index (κ2) is 7.32. The first-order valence-corrected chi connectivity index (χ1v) is 9.21. The van der Waals surface area contributed by atoms with Gasteiger partial charge in [0.25, 0.3) is 5.91 Å². The van der Waals surface area contributed by atoms with E-state index in [9.17, 15) is 4.79 Å². The molecule has 4 rings (SSSR count). The molecule has 0 aliphatic heterocycles. The van der Waals surface area contributed by atoms with Crippen LogP contribution in [0.4, 0.5) is 5.69 Å². The predicted molar refractivity (Wildman–Crippen MR) is 105 cm³/mol. The Labute approximate surface area is 158 Å². The zero-order chi connectivity index (χ0) is 18.8. The van der Waals surface area contributed by atoms with E-state index in [0.29, 0.717) is 17.5 Å². The summed E-state index contributed by atoms with van der Waals surface area (Å²) in [5, 5.41) is 11.4. The van der Waals surface area contributed by atoms with Crippen LogP contribution < -0.4 is 11.1 Å². The van der Waals surface area contributed by atoms with Crippen LogP contribution >= 0.6 is 0 Å². The largest absolute Gasteiger partial charge is 0.328 e. The van der Waals surface area contributed by atoms with Crippen LogP contribution in [-0.2, 0) is 6.54 Å². The lowest BCUT2D eigenvalue weighted by Gasteiger charge is -2.31. The highest BCUT2D eigenvalue weighted by Crippen LogP contribution is 2.27. The van der Waals surface area contributed by atoms with Gasteiger partial charge in [-0.15, -0.1) is 5.10 Å². The summed E-state index contributed by atoms with van der Waals surface area (Å²) in [6.45, 7) is 2.77. The van der Waals surface area contributed by atoms with Gasteiger partial charge in [-0.25, -0.2) is 0 Å². The van der Waals surface area contributed by atoms with E-state index in [4.69, 9.17) is 5.73 Å². The molecule has 6 heteroatoms. The summed E-state index contributed by atoms with van der Waals surface area (Å²) in [6, 6.07) is 15.6. The molecule has 1 amide bonds. The molecule has 1 aliphatic rings. The van der Waals surface area contributed by atoms with Crippen molar-refractivity contribution in [3.63, 3.8) is 0 Å². The Kier molecular flexibility index (Phi) is 4.73. The summed E-state index contributed by atoms with van der Waals surface area (Å²) in [5.74, 6) is 0.455. The number of aromatic nitrogens is 3. The molecule has 0 spiro atoms. The number of amides is 1. The minimum absolute atomic E-state index is 0.128. The van der Waals surface area contributed by atoms with Crippen LogP contribution in [0.1, 0.15) is 28.8 Å². The van der Waals surface area contributed by atoms with E-state index < -0.39 is 0 Å².